The normalized spacial score (nSPS) is 17.7. The molecule has 1 N–H and O–H groups in total. The fourth-order valence-corrected chi connectivity index (χ4v) is 4.70. The van der Waals surface area contributed by atoms with Gasteiger partial charge in [0.05, 0.1) is 0 Å². The fourth-order valence-electron chi connectivity index (χ4n) is 4.70. The molecule has 176 valence electrons. The molecule has 3 amide bonds. The van der Waals surface area contributed by atoms with E-state index in [-0.39, 0.29) is 29.6 Å². The summed E-state index contributed by atoms with van der Waals surface area (Å²) in [5.41, 5.74) is 1.17. The molecule has 3 heterocycles. The summed E-state index contributed by atoms with van der Waals surface area (Å²) in [7, 11) is 0. The number of aryl methyl sites for hydroxylation is 2. The minimum atomic E-state index is -0.130. The van der Waals surface area contributed by atoms with Crippen LogP contribution in [-0.4, -0.2) is 58.9 Å². The molecule has 0 saturated carbocycles. The van der Waals surface area contributed by atoms with Crippen molar-refractivity contribution >= 4 is 23.5 Å². The van der Waals surface area contributed by atoms with Gasteiger partial charge < -0.3 is 19.6 Å². The third-order valence-corrected chi connectivity index (χ3v) is 6.72. The highest BCUT2D eigenvalue weighted by atomic mass is 16.5. The van der Waals surface area contributed by atoms with Gasteiger partial charge in [-0.1, -0.05) is 35.5 Å². The van der Waals surface area contributed by atoms with E-state index in [0.717, 1.165) is 6.42 Å². The predicted octanol–water partition coefficient (Wildman–Crippen LogP) is 3.03. The lowest BCUT2D eigenvalue weighted by atomic mass is 9.91. The predicted molar refractivity (Wildman–Crippen MR) is 123 cm³/mol. The van der Waals surface area contributed by atoms with Crippen LogP contribution in [0.3, 0.4) is 0 Å². The first-order valence-corrected chi connectivity index (χ1v) is 11.8. The molecule has 0 aliphatic carbocycles. The van der Waals surface area contributed by atoms with Crippen molar-refractivity contribution in [3.05, 3.63) is 47.7 Å². The number of carbonyl (C=O) groups is 3. The van der Waals surface area contributed by atoms with E-state index in [1.165, 1.54) is 5.56 Å². The lowest BCUT2D eigenvalue weighted by Gasteiger charge is -2.37. The molecule has 2 aliphatic heterocycles. The molecule has 1 aromatic heterocycles. The van der Waals surface area contributed by atoms with Crippen LogP contribution >= 0.6 is 0 Å². The minimum absolute atomic E-state index is 0.0355. The maximum Gasteiger partial charge on any atom is 0.228 e. The van der Waals surface area contributed by atoms with Crippen molar-refractivity contribution in [2.45, 2.75) is 45.4 Å². The third-order valence-electron chi connectivity index (χ3n) is 6.72. The summed E-state index contributed by atoms with van der Waals surface area (Å²) in [5, 5.41) is 6.59. The summed E-state index contributed by atoms with van der Waals surface area (Å²) in [4.78, 5) is 41.8. The molecule has 2 aromatic rings. The van der Waals surface area contributed by atoms with Gasteiger partial charge in [-0.2, -0.15) is 0 Å². The van der Waals surface area contributed by atoms with Crippen molar-refractivity contribution in [3.63, 3.8) is 0 Å². The molecule has 1 aromatic carbocycles. The molecule has 0 unspecified atom stereocenters. The zero-order valence-electron chi connectivity index (χ0n) is 19.2. The van der Waals surface area contributed by atoms with E-state index in [4.69, 9.17) is 4.52 Å². The molecular formula is C25H32N4O4. The Balaban J connectivity index is 1.18. The van der Waals surface area contributed by atoms with Gasteiger partial charge in [-0.25, -0.2) is 0 Å². The highest BCUT2D eigenvalue weighted by Gasteiger charge is 2.33. The summed E-state index contributed by atoms with van der Waals surface area (Å²) in [5.74, 6) is 1.17. The number of likely N-dealkylation sites (tertiary alicyclic amines) is 2. The van der Waals surface area contributed by atoms with Crippen LogP contribution in [0.1, 0.15) is 43.4 Å². The maximum absolute atomic E-state index is 13.0. The Kier molecular flexibility index (Phi) is 7.42. The van der Waals surface area contributed by atoms with E-state index >= 15 is 0 Å². The van der Waals surface area contributed by atoms with Crippen molar-refractivity contribution in [1.82, 2.24) is 15.0 Å². The van der Waals surface area contributed by atoms with Gasteiger partial charge in [0.25, 0.3) is 0 Å². The molecule has 0 bridgehead atoms. The molecule has 2 fully saturated rings. The first-order chi connectivity index (χ1) is 16.0. The van der Waals surface area contributed by atoms with Gasteiger partial charge >= 0.3 is 0 Å². The van der Waals surface area contributed by atoms with Crippen LogP contribution in [0.25, 0.3) is 0 Å². The van der Waals surface area contributed by atoms with E-state index in [2.05, 4.69) is 10.5 Å². The van der Waals surface area contributed by atoms with Crippen molar-refractivity contribution in [1.29, 1.82) is 0 Å². The Labute approximate surface area is 194 Å². The average molecular weight is 453 g/mol. The van der Waals surface area contributed by atoms with Crippen LogP contribution in [0.4, 0.5) is 5.82 Å². The van der Waals surface area contributed by atoms with Gasteiger partial charge in [0.2, 0.25) is 17.7 Å². The summed E-state index contributed by atoms with van der Waals surface area (Å²) in [6, 6.07) is 11.7. The van der Waals surface area contributed by atoms with Gasteiger partial charge in [0.1, 0.15) is 5.76 Å². The van der Waals surface area contributed by atoms with Crippen molar-refractivity contribution in [2.24, 2.45) is 11.8 Å². The van der Waals surface area contributed by atoms with E-state index in [1.54, 1.807) is 13.0 Å². The number of aromatic nitrogens is 1. The van der Waals surface area contributed by atoms with Gasteiger partial charge in [0.15, 0.2) is 5.82 Å². The number of hydrogen-bond acceptors (Lipinski definition) is 5. The Bertz CT molecular complexity index is 958. The second-order valence-electron chi connectivity index (χ2n) is 9.05. The second-order valence-corrected chi connectivity index (χ2v) is 9.05. The topological polar surface area (TPSA) is 95.8 Å². The smallest absolute Gasteiger partial charge is 0.228 e. The summed E-state index contributed by atoms with van der Waals surface area (Å²) in [6.07, 6.45) is 3.96. The first kappa shape index (κ1) is 23.0. The monoisotopic (exact) mass is 452 g/mol. The number of amides is 3. The van der Waals surface area contributed by atoms with Crippen molar-refractivity contribution < 1.29 is 18.9 Å². The van der Waals surface area contributed by atoms with Gasteiger partial charge in [-0.15, -0.1) is 0 Å². The third kappa shape index (κ3) is 6.00. The number of carbonyl (C=O) groups excluding carboxylic acids is 3. The maximum atomic E-state index is 13.0. The van der Waals surface area contributed by atoms with E-state index in [0.29, 0.717) is 69.9 Å². The average Bonchev–Trinajstić information content (AvgIpc) is 3.27. The van der Waals surface area contributed by atoms with Gasteiger partial charge in [0, 0.05) is 50.5 Å². The largest absolute Gasteiger partial charge is 0.360 e. The second kappa shape index (κ2) is 10.6. The Hall–Kier alpha value is -3.16. The Morgan fingerprint density at radius 2 is 1.61 bits per heavy atom. The molecule has 0 spiro atoms. The first-order valence-electron chi connectivity index (χ1n) is 11.8. The van der Waals surface area contributed by atoms with Crippen LogP contribution in [0.15, 0.2) is 40.9 Å². The van der Waals surface area contributed by atoms with Crippen molar-refractivity contribution in [3.8, 4) is 0 Å². The fraction of sp³-hybridized carbons (Fsp3) is 0.520. The molecule has 8 nitrogen and oxygen atoms in total. The number of hydrogen-bond donors (Lipinski definition) is 1. The van der Waals surface area contributed by atoms with E-state index < -0.39 is 0 Å². The van der Waals surface area contributed by atoms with Crippen LogP contribution in [-0.2, 0) is 20.8 Å². The number of anilines is 1. The van der Waals surface area contributed by atoms with Crippen LogP contribution < -0.4 is 5.32 Å². The molecule has 0 radical (unpaired) electrons. The lowest BCUT2D eigenvalue weighted by molar-refractivity contribution is -0.142. The summed E-state index contributed by atoms with van der Waals surface area (Å²) in [6.45, 7) is 4.23. The number of piperidine rings is 2. The van der Waals surface area contributed by atoms with Crippen molar-refractivity contribution in [2.75, 3.05) is 31.5 Å². The Morgan fingerprint density at radius 3 is 2.24 bits per heavy atom. The summed E-state index contributed by atoms with van der Waals surface area (Å²) < 4.78 is 4.98. The summed E-state index contributed by atoms with van der Waals surface area (Å²) >= 11 is 0. The molecule has 4 rings (SSSR count). The van der Waals surface area contributed by atoms with Crippen LogP contribution in [0.5, 0.6) is 0 Å². The number of nitrogens with one attached hydrogen (secondary N) is 1. The number of nitrogens with zero attached hydrogens (tertiary/aromatic N) is 3. The number of benzene rings is 1. The highest BCUT2D eigenvalue weighted by molar-refractivity contribution is 5.92. The minimum Gasteiger partial charge on any atom is -0.360 e. The van der Waals surface area contributed by atoms with Crippen LogP contribution in [0.2, 0.25) is 0 Å². The van der Waals surface area contributed by atoms with E-state index in [1.807, 2.05) is 40.1 Å². The Morgan fingerprint density at radius 1 is 0.970 bits per heavy atom. The quantitative estimate of drug-likeness (QED) is 0.727. The SMILES string of the molecule is Cc1cc(NC(=O)C2CCN(C(=O)C3CCN(C(=O)CCc4ccccc4)CC3)CC2)no1. The molecule has 2 saturated heterocycles. The lowest BCUT2D eigenvalue weighted by Crippen LogP contribution is -2.47. The van der Waals surface area contributed by atoms with E-state index in [9.17, 15) is 14.4 Å². The zero-order chi connectivity index (χ0) is 23.2. The molecule has 0 atom stereocenters. The molecular weight excluding hydrogens is 420 g/mol. The molecule has 33 heavy (non-hydrogen) atoms. The number of rotatable bonds is 6. The molecule has 8 heteroatoms. The highest BCUT2D eigenvalue weighted by Crippen LogP contribution is 2.25. The zero-order valence-corrected chi connectivity index (χ0v) is 19.2. The van der Waals surface area contributed by atoms with Crippen LogP contribution in [0, 0.1) is 18.8 Å². The standard InChI is InChI=1S/C25H32N4O4/c1-18-17-22(27-33-18)26-24(31)20-9-15-29(16-10-20)25(32)21-11-13-28(14-12-21)23(30)8-7-19-5-3-2-4-6-19/h2-6,17,20-21H,7-16H2,1H3,(H,26,27,31). The molecule has 2 aliphatic rings. The van der Waals surface area contributed by atoms with Gasteiger partial charge in [-0.05, 0) is 44.6 Å². The van der Waals surface area contributed by atoms with Gasteiger partial charge in [-0.3, -0.25) is 14.4 Å².